The molecule has 0 aliphatic heterocycles. The van der Waals surface area contributed by atoms with Crippen LogP contribution in [0, 0.1) is 6.92 Å². The summed E-state index contributed by atoms with van der Waals surface area (Å²) in [4.78, 5) is 17.1. The van der Waals surface area contributed by atoms with Crippen LogP contribution in [0.1, 0.15) is 44.2 Å². The number of ether oxygens (including phenoxy) is 1. The van der Waals surface area contributed by atoms with Crippen molar-refractivity contribution in [2.24, 2.45) is 5.73 Å². The molecule has 1 fully saturated rings. The minimum Gasteiger partial charge on any atom is -0.444 e. The molecule has 1 aliphatic carbocycles. The van der Waals surface area contributed by atoms with Crippen LogP contribution in [0.3, 0.4) is 0 Å². The van der Waals surface area contributed by atoms with E-state index in [4.69, 9.17) is 10.5 Å². The van der Waals surface area contributed by atoms with Gasteiger partial charge in [-0.3, -0.25) is 5.32 Å². The zero-order chi connectivity index (χ0) is 14.3. The number of hydrogen-bond donors (Lipinski definition) is 2. The van der Waals surface area contributed by atoms with Crippen LogP contribution >= 0.6 is 11.3 Å². The summed E-state index contributed by atoms with van der Waals surface area (Å²) in [6, 6.07) is 0. The maximum Gasteiger partial charge on any atom is 0.413 e. The molecule has 1 aromatic heterocycles. The third-order valence-electron chi connectivity index (χ3n) is 2.91. The highest BCUT2D eigenvalue weighted by atomic mass is 32.1. The van der Waals surface area contributed by atoms with E-state index in [0.717, 1.165) is 29.8 Å². The predicted octanol–water partition coefficient (Wildman–Crippen LogP) is 2.83. The van der Waals surface area contributed by atoms with E-state index in [2.05, 4.69) is 10.3 Å². The summed E-state index contributed by atoms with van der Waals surface area (Å²) in [7, 11) is 0. The molecule has 0 radical (unpaired) electrons. The first-order chi connectivity index (χ1) is 8.67. The molecule has 0 unspecified atom stereocenters. The van der Waals surface area contributed by atoms with Gasteiger partial charge in [-0.1, -0.05) is 0 Å². The van der Waals surface area contributed by atoms with Gasteiger partial charge in [0.2, 0.25) is 0 Å². The van der Waals surface area contributed by atoms with Crippen molar-refractivity contribution in [1.82, 2.24) is 4.98 Å². The minimum atomic E-state index is -0.505. The third kappa shape index (κ3) is 4.18. The smallest absolute Gasteiger partial charge is 0.413 e. The van der Waals surface area contributed by atoms with E-state index in [1.165, 1.54) is 11.3 Å². The van der Waals surface area contributed by atoms with Crippen LogP contribution < -0.4 is 11.1 Å². The number of anilines is 1. The van der Waals surface area contributed by atoms with Crippen LogP contribution in [0.2, 0.25) is 0 Å². The number of hydrogen-bond acceptors (Lipinski definition) is 5. The van der Waals surface area contributed by atoms with Gasteiger partial charge in [-0.15, -0.1) is 11.3 Å². The van der Waals surface area contributed by atoms with Gasteiger partial charge in [-0.2, -0.15) is 0 Å². The lowest BCUT2D eigenvalue weighted by Gasteiger charge is -2.18. The molecule has 106 valence electrons. The predicted molar refractivity (Wildman–Crippen MR) is 76.6 cm³/mol. The van der Waals surface area contributed by atoms with Crippen LogP contribution in [-0.2, 0) is 11.2 Å². The van der Waals surface area contributed by atoms with Gasteiger partial charge < -0.3 is 10.5 Å². The molecule has 6 heteroatoms. The number of rotatable bonds is 3. The Bertz CT molecular complexity index is 487. The lowest BCUT2D eigenvalue weighted by atomic mass is 10.1. The van der Waals surface area contributed by atoms with Crippen molar-refractivity contribution in [3.8, 4) is 0 Å². The molecule has 1 amide bonds. The maximum atomic E-state index is 11.7. The van der Waals surface area contributed by atoms with E-state index in [9.17, 15) is 4.79 Å². The summed E-state index contributed by atoms with van der Waals surface area (Å²) >= 11 is 1.48. The zero-order valence-corrected chi connectivity index (χ0v) is 12.7. The van der Waals surface area contributed by atoms with Gasteiger partial charge in [0.25, 0.3) is 0 Å². The second-order valence-corrected chi connectivity index (χ2v) is 7.28. The average molecular weight is 283 g/mol. The number of carbonyl (C=O) groups is 1. The van der Waals surface area contributed by atoms with Crippen molar-refractivity contribution in [1.29, 1.82) is 0 Å². The van der Waals surface area contributed by atoms with Gasteiger partial charge in [-0.25, -0.2) is 9.78 Å². The fourth-order valence-corrected chi connectivity index (χ4v) is 2.80. The highest BCUT2D eigenvalue weighted by Crippen LogP contribution is 2.38. The second-order valence-electron chi connectivity index (χ2n) is 6.19. The van der Waals surface area contributed by atoms with Gasteiger partial charge in [0.15, 0.2) is 5.13 Å². The lowest BCUT2D eigenvalue weighted by Crippen LogP contribution is -2.27. The van der Waals surface area contributed by atoms with E-state index in [1.54, 1.807) is 0 Å². The van der Waals surface area contributed by atoms with E-state index in [1.807, 2.05) is 27.7 Å². The Kier molecular flexibility index (Phi) is 3.57. The maximum absolute atomic E-state index is 11.7. The van der Waals surface area contributed by atoms with Crippen molar-refractivity contribution in [3.63, 3.8) is 0 Å². The average Bonchev–Trinajstić information content (AvgIpc) is 2.82. The number of carbonyl (C=O) groups excluding carboxylic acids is 1. The van der Waals surface area contributed by atoms with Crippen LogP contribution in [-0.4, -0.2) is 22.2 Å². The van der Waals surface area contributed by atoms with E-state index >= 15 is 0 Å². The van der Waals surface area contributed by atoms with Crippen molar-refractivity contribution in [3.05, 3.63) is 10.6 Å². The van der Waals surface area contributed by atoms with Crippen molar-refractivity contribution >= 4 is 22.6 Å². The molecule has 2 rings (SSSR count). The van der Waals surface area contributed by atoms with Crippen LogP contribution in [0.25, 0.3) is 0 Å². The molecule has 3 N–H and O–H groups in total. The van der Waals surface area contributed by atoms with Crippen LogP contribution in [0.15, 0.2) is 0 Å². The molecule has 0 spiro atoms. The molecule has 0 aromatic carbocycles. The monoisotopic (exact) mass is 283 g/mol. The van der Waals surface area contributed by atoms with Crippen molar-refractivity contribution in [2.75, 3.05) is 5.32 Å². The SMILES string of the molecule is Cc1nc(NC(=O)OC(C)(C)C)sc1CC1(N)CC1. The summed E-state index contributed by atoms with van der Waals surface area (Å²) in [5.74, 6) is 0. The molecule has 1 aliphatic rings. The number of nitrogens with one attached hydrogen (secondary N) is 1. The Morgan fingerprint density at radius 3 is 2.68 bits per heavy atom. The topological polar surface area (TPSA) is 77.2 Å². The molecule has 0 saturated heterocycles. The van der Waals surface area contributed by atoms with E-state index in [-0.39, 0.29) is 5.54 Å². The van der Waals surface area contributed by atoms with Crippen LogP contribution in [0.4, 0.5) is 9.93 Å². The quantitative estimate of drug-likeness (QED) is 0.894. The van der Waals surface area contributed by atoms with Crippen molar-refractivity contribution in [2.45, 2.75) is 58.1 Å². The molecule has 1 heterocycles. The normalized spacial score (nSPS) is 17.1. The first-order valence-corrected chi connectivity index (χ1v) is 7.24. The lowest BCUT2D eigenvalue weighted by molar-refractivity contribution is 0.0636. The van der Waals surface area contributed by atoms with Gasteiger partial charge in [0.1, 0.15) is 5.60 Å². The highest BCUT2D eigenvalue weighted by molar-refractivity contribution is 7.15. The summed E-state index contributed by atoms with van der Waals surface area (Å²) in [6.07, 6.45) is 2.51. The van der Waals surface area contributed by atoms with Gasteiger partial charge in [0, 0.05) is 16.8 Å². The van der Waals surface area contributed by atoms with Gasteiger partial charge >= 0.3 is 6.09 Å². The fraction of sp³-hybridized carbons (Fsp3) is 0.692. The summed E-state index contributed by atoms with van der Waals surface area (Å²) in [6.45, 7) is 7.43. The fourth-order valence-electron chi connectivity index (χ4n) is 1.69. The number of amides is 1. The molecule has 1 aromatic rings. The van der Waals surface area contributed by atoms with Crippen molar-refractivity contribution < 1.29 is 9.53 Å². The molecule has 1 saturated carbocycles. The van der Waals surface area contributed by atoms with E-state index in [0.29, 0.717) is 5.13 Å². The number of aryl methyl sites for hydroxylation is 1. The number of thiazole rings is 1. The Hall–Kier alpha value is -1.14. The summed E-state index contributed by atoms with van der Waals surface area (Å²) in [5.41, 5.74) is 6.50. The molecule has 19 heavy (non-hydrogen) atoms. The standard InChI is InChI=1S/C13H21N3O2S/c1-8-9(7-13(14)5-6-13)19-10(15-8)16-11(17)18-12(2,3)4/h5-7,14H2,1-4H3,(H,15,16,17). The minimum absolute atomic E-state index is 0.0412. The second kappa shape index (κ2) is 4.76. The Morgan fingerprint density at radius 2 is 2.16 bits per heavy atom. The molecular formula is C13H21N3O2S. The first kappa shape index (κ1) is 14.3. The van der Waals surface area contributed by atoms with Gasteiger partial charge in [0.05, 0.1) is 5.69 Å². The van der Waals surface area contributed by atoms with Crippen LogP contribution in [0.5, 0.6) is 0 Å². The molecular weight excluding hydrogens is 262 g/mol. The molecule has 0 atom stereocenters. The number of nitrogens with two attached hydrogens (primary N) is 1. The van der Waals surface area contributed by atoms with E-state index < -0.39 is 11.7 Å². The largest absolute Gasteiger partial charge is 0.444 e. The third-order valence-corrected chi connectivity index (χ3v) is 3.98. The zero-order valence-electron chi connectivity index (χ0n) is 11.9. The summed E-state index contributed by atoms with van der Waals surface area (Å²) < 4.78 is 5.20. The molecule has 0 bridgehead atoms. The van der Waals surface area contributed by atoms with Gasteiger partial charge in [-0.05, 0) is 40.5 Å². The number of nitrogens with zero attached hydrogens (tertiary/aromatic N) is 1. The Morgan fingerprint density at radius 1 is 1.53 bits per heavy atom. The number of aromatic nitrogens is 1. The first-order valence-electron chi connectivity index (χ1n) is 6.42. The highest BCUT2D eigenvalue weighted by Gasteiger charge is 2.39. The Balaban J connectivity index is 1.98. The Labute approximate surface area is 117 Å². The summed E-state index contributed by atoms with van der Waals surface area (Å²) in [5, 5.41) is 3.25. The molecule has 5 nitrogen and oxygen atoms in total.